The highest BCUT2D eigenvalue weighted by Crippen LogP contribution is 2.44. The van der Waals surface area contributed by atoms with Crippen LogP contribution in [0.5, 0.6) is 0 Å². The smallest absolute Gasteiger partial charge is 0.336 e. The van der Waals surface area contributed by atoms with E-state index >= 15 is 0 Å². The molecule has 1 N–H and O–H groups in total. The minimum atomic E-state index is -0.657. The van der Waals surface area contributed by atoms with Gasteiger partial charge in [-0.2, -0.15) is 0 Å². The fourth-order valence-corrected chi connectivity index (χ4v) is 3.80. The maximum atomic E-state index is 12.5. The number of nitrogens with one attached hydrogen (secondary N) is 1. The van der Waals surface area contributed by atoms with Crippen LogP contribution in [0.15, 0.2) is 59.8 Å². The highest BCUT2D eigenvalue weighted by atomic mass is 16.6. The second-order valence-corrected chi connectivity index (χ2v) is 6.65. The quantitative estimate of drug-likeness (QED) is 0.462. The van der Waals surface area contributed by atoms with Gasteiger partial charge in [0.25, 0.3) is 11.4 Å². The number of nitro benzene ring substituents is 2. The van der Waals surface area contributed by atoms with Crippen molar-refractivity contribution in [3.8, 4) is 0 Å². The molecule has 9 heteroatoms. The summed E-state index contributed by atoms with van der Waals surface area (Å²) >= 11 is 0. The van der Waals surface area contributed by atoms with E-state index < -0.39 is 27.8 Å². The predicted molar refractivity (Wildman–Crippen MR) is 104 cm³/mol. The molecule has 2 aromatic carbocycles. The Morgan fingerprint density at radius 2 is 1.52 bits per heavy atom. The highest BCUT2D eigenvalue weighted by Gasteiger charge is 2.38. The second kappa shape index (κ2) is 8.09. The molecule has 0 aromatic heterocycles. The number of rotatable bonds is 5. The van der Waals surface area contributed by atoms with Crippen LogP contribution in [0.25, 0.3) is 0 Å². The zero-order valence-electron chi connectivity index (χ0n) is 15.8. The SMILES string of the molecule is COC(=O)C1=C(C)NC(c2ccccc2[N+](=O)[O-])CC1c1ccccc1[N+](=O)[O-]. The van der Waals surface area contributed by atoms with Crippen LogP contribution in [0.1, 0.15) is 36.4 Å². The fraction of sp³-hybridized carbons (Fsp3) is 0.250. The fourth-order valence-electron chi connectivity index (χ4n) is 3.80. The van der Waals surface area contributed by atoms with Gasteiger partial charge in [0.1, 0.15) is 0 Å². The first kappa shape index (κ1) is 20.0. The highest BCUT2D eigenvalue weighted by molar-refractivity contribution is 5.91. The van der Waals surface area contributed by atoms with Crippen LogP contribution in [-0.2, 0) is 9.53 Å². The summed E-state index contributed by atoms with van der Waals surface area (Å²) in [6.45, 7) is 1.66. The average molecular weight is 397 g/mol. The van der Waals surface area contributed by atoms with Crippen molar-refractivity contribution in [3.05, 3.63) is 91.2 Å². The van der Waals surface area contributed by atoms with Crippen molar-refractivity contribution < 1.29 is 19.4 Å². The zero-order valence-corrected chi connectivity index (χ0v) is 15.8. The monoisotopic (exact) mass is 397 g/mol. The maximum absolute atomic E-state index is 12.5. The summed E-state index contributed by atoms with van der Waals surface area (Å²) in [4.78, 5) is 34.5. The van der Waals surface area contributed by atoms with E-state index in [1.807, 2.05) is 0 Å². The van der Waals surface area contributed by atoms with Crippen LogP contribution in [0, 0.1) is 20.2 Å². The number of para-hydroxylation sites is 2. The molecule has 0 saturated heterocycles. The molecule has 9 nitrogen and oxygen atoms in total. The van der Waals surface area contributed by atoms with Gasteiger partial charge in [0.2, 0.25) is 0 Å². The van der Waals surface area contributed by atoms with Crippen LogP contribution < -0.4 is 5.32 Å². The lowest BCUT2D eigenvalue weighted by atomic mass is 9.79. The van der Waals surface area contributed by atoms with E-state index in [0.717, 1.165) is 0 Å². The Bertz CT molecular complexity index is 1020. The lowest BCUT2D eigenvalue weighted by molar-refractivity contribution is -0.385. The van der Waals surface area contributed by atoms with Gasteiger partial charge in [0.15, 0.2) is 0 Å². The summed E-state index contributed by atoms with van der Waals surface area (Å²) in [7, 11) is 1.24. The second-order valence-electron chi connectivity index (χ2n) is 6.65. The van der Waals surface area contributed by atoms with E-state index in [0.29, 0.717) is 16.8 Å². The van der Waals surface area contributed by atoms with Crippen LogP contribution >= 0.6 is 0 Å². The molecule has 150 valence electrons. The molecule has 0 spiro atoms. The number of methoxy groups -OCH3 is 1. The van der Waals surface area contributed by atoms with E-state index in [-0.39, 0.29) is 23.4 Å². The van der Waals surface area contributed by atoms with Crippen molar-refractivity contribution in [1.82, 2.24) is 5.32 Å². The number of hydrogen-bond acceptors (Lipinski definition) is 7. The number of nitrogens with zero attached hydrogens (tertiary/aromatic N) is 2. The largest absolute Gasteiger partial charge is 0.466 e. The molecule has 29 heavy (non-hydrogen) atoms. The molecule has 0 aliphatic carbocycles. The third-order valence-electron chi connectivity index (χ3n) is 5.04. The predicted octanol–water partition coefficient (Wildman–Crippen LogP) is 3.77. The van der Waals surface area contributed by atoms with Gasteiger partial charge >= 0.3 is 5.97 Å². The van der Waals surface area contributed by atoms with Gasteiger partial charge in [-0.1, -0.05) is 36.4 Å². The van der Waals surface area contributed by atoms with Gasteiger partial charge in [0, 0.05) is 29.3 Å². The van der Waals surface area contributed by atoms with Gasteiger partial charge in [0.05, 0.1) is 34.1 Å². The molecule has 3 rings (SSSR count). The standard InChI is InChI=1S/C20H19N3O6/c1-12-19(20(24)29-2)15(13-7-3-5-9-17(13)22(25)26)11-16(21-12)14-8-4-6-10-18(14)23(27)28/h3-10,15-16,21H,11H2,1-2H3. The molecule has 0 bridgehead atoms. The van der Waals surface area contributed by atoms with Crippen LogP contribution in [-0.4, -0.2) is 22.9 Å². The Balaban J connectivity index is 2.16. The van der Waals surface area contributed by atoms with Crippen molar-refractivity contribution in [2.75, 3.05) is 7.11 Å². The molecule has 0 fully saturated rings. The zero-order chi connectivity index (χ0) is 21.1. The number of ether oxygens (including phenoxy) is 1. The average Bonchev–Trinajstić information content (AvgIpc) is 2.72. The van der Waals surface area contributed by atoms with Crippen molar-refractivity contribution in [2.45, 2.75) is 25.3 Å². The van der Waals surface area contributed by atoms with E-state index in [9.17, 15) is 25.0 Å². The minimum Gasteiger partial charge on any atom is -0.466 e. The molecule has 1 heterocycles. The van der Waals surface area contributed by atoms with Crippen molar-refractivity contribution in [1.29, 1.82) is 0 Å². The summed E-state index contributed by atoms with van der Waals surface area (Å²) in [5.74, 6) is -1.26. The summed E-state index contributed by atoms with van der Waals surface area (Å²) in [6, 6.07) is 12.0. The molecular weight excluding hydrogens is 378 g/mol. The number of esters is 1. The summed E-state index contributed by atoms with van der Waals surface area (Å²) in [6.07, 6.45) is 0.220. The van der Waals surface area contributed by atoms with Gasteiger partial charge in [-0.05, 0) is 13.3 Å². The normalized spacial score (nSPS) is 18.7. The molecular formula is C20H19N3O6. The summed E-state index contributed by atoms with van der Waals surface area (Å²) in [5, 5.41) is 26.2. The van der Waals surface area contributed by atoms with Gasteiger partial charge in [-0.15, -0.1) is 0 Å². The topological polar surface area (TPSA) is 125 Å². The number of carbonyl (C=O) groups is 1. The number of allylic oxidation sites excluding steroid dienone is 1. The first-order valence-electron chi connectivity index (χ1n) is 8.87. The molecule has 2 unspecified atom stereocenters. The van der Waals surface area contributed by atoms with Crippen molar-refractivity contribution in [3.63, 3.8) is 0 Å². The lowest BCUT2D eigenvalue weighted by Gasteiger charge is -2.33. The van der Waals surface area contributed by atoms with Gasteiger partial charge < -0.3 is 10.1 Å². The van der Waals surface area contributed by atoms with E-state index in [1.54, 1.807) is 43.3 Å². The van der Waals surface area contributed by atoms with E-state index in [4.69, 9.17) is 4.74 Å². The minimum absolute atomic E-state index is 0.0550. The van der Waals surface area contributed by atoms with Gasteiger partial charge in [-0.25, -0.2) is 4.79 Å². The molecule has 0 saturated carbocycles. The number of hydrogen-bond donors (Lipinski definition) is 1. The Morgan fingerprint density at radius 3 is 2.07 bits per heavy atom. The molecule has 2 atom stereocenters. The van der Waals surface area contributed by atoms with Crippen LogP contribution in [0.3, 0.4) is 0 Å². The first-order chi connectivity index (χ1) is 13.8. The molecule has 1 aliphatic rings. The van der Waals surface area contributed by atoms with E-state index in [2.05, 4.69) is 5.32 Å². The Labute approximate surface area is 166 Å². The molecule has 0 radical (unpaired) electrons. The summed E-state index contributed by atoms with van der Waals surface area (Å²) < 4.78 is 4.90. The number of benzene rings is 2. The Kier molecular flexibility index (Phi) is 5.58. The third kappa shape index (κ3) is 3.79. The van der Waals surface area contributed by atoms with E-state index in [1.165, 1.54) is 19.2 Å². The van der Waals surface area contributed by atoms with Crippen molar-refractivity contribution in [2.24, 2.45) is 0 Å². The lowest BCUT2D eigenvalue weighted by Crippen LogP contribution is -2.33. The van der Waals surface area contributed by atoms with Gasteiger partial charge in [-0.3, -0.25) is 20.2 Å². The molecule has 1 aliphatic heterocycles. The third-order valence-corrected chi connectivity index (χ3v) is 5.04. The van der Waals surface area contributed by atoms with Crippen LogP contribution in [0.2, 0.25) is 0 Å². The molecule has 0 amide bonds. The van der Waals surface area contributed by atoms with Crippen LogP contribution in [0.4, 0.5) is 11.4 Å². The summed E-state index contributed by atoms with van der Waals surface area (Å²) in [5.41, 5.74) is 1.38. The Morgan fingerprint density at radius 1 is 1.00 bits per heavy atom. The first-order valence-corrected chi connectivity index (χ1v) is 8.87. The number of carbonyl (C=O) groups excluding carboxylic acids is 1. The Hall–Kier alpha value is -3.75. The molecule has 2 aromatic rings. The number of nitro groups is 2. The maximum Gasteiger partial charge on any atom is 0.336 e. The van der Waals surface area contributed by atoms with Crippen molar-refractivity contribution >= 4 is 17.3 Å².